The number of benzene rings is 1. The van der Waals surface area contributed by atoms with Crippen molar-refractivity contribution in [2.24, 2.45) is 0 Å². The van der Waals surface area contributed by atoms with Gasteiger partial charge in [-0.1, -0.05) is 12.1 Å². The molecule has 1 aromatic carbocycles. The maximum Gasteiger partial charge on any atom is 0.170 e. The van der Waals surface area contributed by atoms with Crippen molar-refractivity contribution in [1.82, 2.24) is 14.6 Å². The molecule has 0 aliphatic heterocycles. The molecule has 0 amide bonds. The summed E-state index contributed by atoms with van der Waals surface area (Å²) in [5, 5.41) is 8.39. The molecule has 0 aliphatic carbocycles. The molecule has 2 heterocycles. The number of hydrogen-bond donors (Lipinski definition) is 1. The van der Waals surface area contributed by atoms with Gasteiger partial charge in [-0.25, -0.2) is 0 Å². The van der Waals surface area contributed by atoms with E-state index in [2.05, 4.69) is 23.2 Å². The Hall–Kier alpha value is -2.36. The Balaban J connectivity index is 2.33. The van der Waals surface area contributed by atoms with Crippen molar-refractivity contribution < 1.29 is 0 Å². The number of hydrogen-bond acceptors (Lipinski definition) is 3. The molecule has 0 saturated heterocycles. The average Bonchev–Trinajstić information content (AvgIpc) is 2.77. The normalized spacial score (nSPS) is 11.0. The second-order valence-corrected chi connectivity index (χ2v) is 4.50. The van der Waals surface area contributed by atoms with Crippen LogP contribution < -0.4 is 5.73 Å². The van der Waals surface area contributed by atoms with Gasteiger partial charge in [-0.15, -0.1) is 10.2 Å². The SMILES string of the molecule is Cc1cc(C)c(N)c(-c2nnc3ccccn23)c1. The summed E-state index contributed by atoms with van der Waals surface area (Å²) in [7, 11) is 0. The predicted molar refractivity (Wildman–Crippen MR) is 72.3 cm³/mol. The van der Waals surface area contributed by atoms with Gasteiger partial charge >= 0.3 is 0 Å². The molecule has 3 rings (SSSR count). The number of rotatable bonds is 1. The number of anilines is 1. The molecule has 90 valence electrons. The number of aromatic nitrogens is 3. The van der Waals surface area contributed by atoms with Crippen LogP contribution in [0.2, 0.25) is 0 Å². The minimum atomic E-state index is 0.763. The van der Waals surface area contributed by atoms with Gasteiger partial charge in [0, 0.05) is 17.4 Å². The highest BCUT2D eigenvalue weighted by Gasteiger charge is 2.12. The van der Waals surface area contributed by atoms with Crippen LogP contribution in [0.25, 0.3) is 17.0 Å². The summed E-state index contributed by atoms with van der Waals surface area (Å²) in [4.78, 5) is 0. The average molecular weight is 238 g/mol. The van der Waals surface area contributed by atoms with Crippen molar-refractivity contribution in [3.05, 3.63) is 47.7 Å². The quantitative estimate of drug-likeness (QED) is 0.663. The van der Waals surface area contributed by atoms with Crippen molar-refractivity contribution in [2.75, 3.05) is 5.73 Å². The van der Waals surface area contributed by atoms with E-state index in [0.29, 0.717) is 0 Å². The topological polar surface area (TPSA) is 56.2 Å². The molecular weight excluding hydrogens is 224 g/mol. The van der Waals surface area contributed by atoms with Gasteiger partial charge in [0.25, 0.3) is 0 Å². The van der Waals surface area contributed by atoms with Crippen LogP contribution in [0.4, 0.5) is 5.69 Å². The highest BCUT2D eigenvalue weighted by Crippen LogP contribution is 2.28. The number of aryl methyl sites for hydroxylation is 2. The van der Waals surface area contributed by atoms with E-state index in [0.717, 1.165) is 28.3 Å². The van der Waals surface area contributed by atoms with E-state index in [9.17, 15) is 0 Å². The molecule has 0 unspecified atom stereocenters. The molecule has 0 saturated carbocycles. The molecule has 0 bridgehead atoms. The van der Waals surface area contributed by atoms with Crippen LogP contribution in [0.15, 0.2) is 36.5 Å². The van der Waals surface area contributed by atoms with Crippen LogP contribution in [0.5, 0.6) is 0 Å². The molecular formula is C14H14N4. The van der Waals surface area contributed by atoms with Gasteiger partial charge in [0.2, 0.25) is 0 Å². The fraction of sp³-hybridized carbons (Fsp3) is 0.143. The van der Waals surface area contributed by atoms with Crippen LogP contribution in [-0.2, 0) is 0 Å². The molecule has 0 radical (unpaired) electrons. The first-order valence-electron chi connectivity index (χ1n) is 5.83. The maximum atomic E-state index is 6.15. The molecule has 0 atom stereocenters. The summed E-state index contributed by atoms with van der Waals surface area (Å²) < 4.78 is 1.95. The highest BCUT2D eigenvalue weighted by molar-refractivity contribution is 5.76. The Morgan fingerprint density at radius 3 is 2.78 bits per heavy atom. The molecule has 4 heteroatoms. The standard InChI is InChI=1S/C14H14N4/c1-9-7-10(2)13(15)11(8-9)14-17-16-12-5-3-4-6-18(12)14/h3-8H,15H2,1-2H3. The van der Waals surface area contributed by atoms with Crippen LogP contribution in [-0.4, -0.2) is 14.6 Å². The fourth-order valence-electron chi connectivity index (χ4n) is 2.19. The van der Waals surface area contributed by atoms with Crippen molar-refractivity contribution in [3.63, 3.8) is 0 Å². The number of pyridine rings is 1. The largest absolute Gasteiger partial charge is 0.398 e. The van der Waals surface area contributed by atoms with Crippen molar-refractivity contribution >= 4 is 11.3 Å². The Labute approximate surface area is 105 Å². The summed E-state index contributed by atoms with van der Waals surface area (Å²) >= 11 is 0. The first-order chi connectivity index (χ1) is 8.66. The van der Waals surface area contributed by atoms with Gasteiger partial charge in [-0.3, -0.25) is 4.40 Å². The van der Waals surface area contributed by atoms with E-state index in [1.54, 1.807) is 0 Å². The monoisotopic (exact) mass is 238 g/mol. The molecule has 4 nitrogen and oxygen atoms in total. The lowest BCUT2D eigenvalue weighted by molar-refractivity contribution is 1.11. The Morgan fingerprint density at radius 1 is 1.11 bits per heavy atom. The highest BCUT2D eigenvalue weighted by atomic mass is 15.2. The molecule has 0 aliphatic rings. The van der Waals surface area contributed by atoms with Gasteiger partial charge in [-0.05, 0) is 43.2 Å². The van der Waals surface area contributed by atoms with Crippen molar-refractivity contribution in [2.45, 2.75) is 13.8 Å². The third kappa shape index (κ3) is 1.54. The van der Waals surface area contributed by atoms with Crippen LogP contribution in [0, 0.1) is 13.8 Å². The van der Waals surface area contributed by atoms with Crippen molar-refractivity contribution in [3.8, 4) is 11.4 Å². The van der Waals surface area contributed by atoms with Gasteiger partial charge in [-0.2, -0.15) is 0 Å². The molecule has 0 spiro atoms. The first kappa shape index (κ1) is 10.8. The molecule has 3 aromatic rings. The third-order valence-corrected chi connectivity index (χ3v) is 3.09. The number of fused-ring (bicyclic) bond motifs is 1. The maximum absolute atomic E-state index is 6.15. The minimum Gasteiger partial charge on any atom is -0.398 e. The Morgan fingerprint density at radius 2 is 1.94 bits per heavy atom. The summed E-state index contributed by atoms with van der Waals surface area (Å²) in [5.74, 6) is 0.787. The van der Waals surface area contributed by atoms with E-state index < -0.39 is 0 Å². The first-order valence-corrected chi connectivity index (χ1v) is 5.83. The van der Waals surface area contributed by atoms with Gasteiger partial charge in [0.05, 0.1) is 0 Å². The number of nitrogen functional groups attached to an aromatic ring is 1. The van der Waals surface area contributed by atoms with Crippen LogP contribution in [0.3, 0.4) is 0 Å². The zero-order chi connectivity index (χ0) is 12.7. The van der Waals surface area contributed by atoms with E-state index in [1.807, 2.05) is 41.8 Å². The number of nitrogens with two attached hydrogens (primary N) is 1. The second kappa shape index (κ2) is 3.84. The third-order valence-electron chi connectivity index (χ3n) is 3.09. The smallest absolute Gasteiger partial charge is 0.170 e. The van der Waals surface area contributed by atoms with E-state index in [1.165, 1.54) is 5.56 Å². The lowest BCUT2D eigenvalue weighted by Crippen LogP contribution is -1.98. The van der Waals surface area contributed by atoms with Crippen LogP contribution >= 0.6 is 0 Å². The zero-order valence-electron chi connectivity index (χ0n) is 10.4. The van der Waals surface area contributed by atoms with Gasteiger partial charge in [0.15, 0.2) is 11.5 Å². The Bertz CT molecular complexity index is 728. The van der Waals surface area contributed by atoms with Crippen molar-refractivity contribution in [1.29, 1.82) is 0 Å². The molecule has 18 heavy (non-hydrogen) atoms. The van der Waals surface area contributed by atoms with E-state index in [4.69, 9.17) is 5.73 Å². The molecule has 2 aromatic heterocycles. The van der Waals surface area contributed by atoms with Gasteiger partial charge < -0.3 is 5.73 Å². The summed E-state index contributed by atoms with van der Waals surface area (Å²) in [6.07, 6.45) is 1.95. The summed E-state index contributed by atoms with van der Waals surface area (Å²) in [5.41, 5.74) is 10.9. The zero-order valence-corrected chi connectivity index (χ0v) is 10.4. The Kier molecular flexibility index (Phi) is 2.30. The van der Waals surface area contributed by atoms with E-state index in [-0.39, 0.29) is 0 Å². The lowest BCUT2D eigenvalue weighted by atomic mass is 10.0. The molecule has 0 fully saturated rings. The molecule has 2 N–H and O–H groups in total. The summed E-state index contributed by atoms with van der Waals surface area (Å²) in [6, 6.07) is 9.94. The minimum absolute atomic E-state index is 0.763. The van der Waals surface area contributed by atoms with Gasteiger partial charge in [0.1, 0.15) is 0 Å². The fourth-order valence-corrected chi connectivity index (χ4v) is 2.19. The number of nitrogens with zero attached hydrogens (tertiary/aromatic N) is 3. The van der Waals surface area contributed by atoms with E-state index >= 15 is 0 Å². The lowest BCUT2D eigenvalue weighted by Gasteiger charge is -2.08. The second-order valence-electron chi connectivity index (χ2n) is 4.50. The summed E-state index contributed by atoms with van der Waals surface area (Å²) in [6.45, 7) is 4.06. The predicted octanol–water partition coefficient (Wildman–Crippen LogP) is 2.60. The van der Waals surface area contributed by atoms with Crippen LogP contribution in [0.1, 0.15) is 11.1 Å².